The van der Waals surface area contributed by atoms with Crippen molar-refractivity contribution in [2.75, 3.05) is 0 Å². The molecule has 3 aromatic rings. The smallest absolute Gasteiger partial charge is 0.193 e. The number of halogens is 1. The van der Waals surface area contributed by atoms with Gasteiger partial charge in [0.2, 0.25) is 0 Å². The molecule has 0 saturated heterocycles. The fraction of sp³-hybridized carbons (Fsp3) is 0.214. The number of nitrogens with two attached hydrogens (primary N) is 1. The standard InChI is InChI=1S/C14H14FN3S/c1-9-2-3-11(12(15)6-9)13(16)7-10-8-18-4-5-19-14(18)17-10/h2-6,8,13H,7,16H2,1H3. The summed E-state index contributed by atoms with van der Waals surface area (Å²) >= 11 is 1.57. The number of nitrogens with zero attached hydrogens (tertiary/aromatic N) is 2. The van der Waals surface area contributed by atoms with E-state index in [1.807, 2.05) is 35.2 Å². The van der Waals surface area contributed by atoms with Crippen LogP contribution in [0.4, 0.5) is 4.39 Å². The highest BCUT2D eigenvalue weighted by Crippen LogP contribution is 2.21. The lowest BCUT2D eigenvalue weighted by Gasteiger charge is -2.11. The van der Waals surface area contributed by atoms with Gasteiger partial charge in [0.05, 0.1) is 5.69 Å². The summed E-state index contributed by atoms with van der Waals surface area (Å²) in [5.74, 6) is -0.242. The summed E-state index contributed by atoms with van der Waals surface area (Å²) in [4.78, 5) is 5.40. The maximum Gasteiger partial charge on any atom is 0.193 e. The molecule has 2 N–H and O–H groups in total. The molecule has 0 aliphatic carbocycles. The van der Waals surface area contributed by atoms with Crippen LogP contribution in [0.15, 0.2) is 36.0 Å². The van der Waals surface area contributed by atoms with Gasteiger partial charge >= 0.3 is 0 Å². The summed E-state index contributed by atoms with van der Waals surface area (Å²) in [6.07, 6.45) is 4.43. The molecule has 0 saturated carbocycles. The third-order valence-corrected chi connectivity index (χ3v) is 3.90. The average Bonchev–Trinajstić information content (AvgIpc) is 2.89. The summed E-state index contributed by atoms with van der Waals surface area (Å²) in [5, 5.41) is 1.98. The van der Waals surface area contributed by atoms with Gasteiger partial charge in [-0.25, -0.2) is 9.37 Å². The first kappa shape index (κ1) is 12.3. The molecule has 5 heteroatoms. The summed E-state index contributed by atoms with van der Waals surface area (Å²) in [6, 6.07) is 4.78. The third kappa shape index (κ3) is 2.39. The molecule has 1 aromatic carbocycles. The van der Waals surface area contributed by atoms with Crippen LogP contribution in [0.2, 0.25) is 0 Å². The Morgan fingerprint density at radius 1 is 1.47 bits per heavy atom. The predicted octanol–water partition coefficient (Wildman–Crippen LogP) is 3.09. The second kappa shape index (κ2) is 4.75. The molecule has 0 amide bonds. The van der Waals surface area contributed by atoms with E-state index in [-0.39, 0.29) is 11.9 Å². The second-order valence-corrected chi connectivity index (χ2v) is 5.53. The molecule has 2 aromatic heterocycles. The van der Waals surface area contributed by atoms with Gasteiger partial charge in [0.1, 0.15) is 5.82 Å². The van der Waals surface area contributed by atoms with E-state index in [9.17, 15) is 4.39 Å². The Morgan fingerprint density at radius 2 is 2.32 bits per heavy atom. The maximum absolute atomic E-state index is 13.8. The molecule has 98 valence electrons. The molecular weight excluding hydrogens is 261 g/mol. The van der Waals surface area contributed by atoms with Gasteiger partial charge in [-0.2, -0.15) is 0 Å². The van der Waals surface area contributed by atoms with Crippen molar-refractivity contribution in [3.8, 4) is 0 Å². The lowest BCUT2D eigenvalue weighted by atomic mass is 10.0. The number of benzene rings is 1. The minimum atomic E-state index is -0.370. The Labute approximate surface area is 114 Å². The maximum atomic E-state index is 13.8. The van der Waals surface area contributed by atoms with Crippen molar-refractivity contribution in [2.24, 2.45) is 5.73 Å². The number of hydrogen-bond donors (Lipinski definition) is 1. The quantitative estimate of drug-likeness (QED) is 0.798. The van der Waals surface area contributed by atoms with Gasteiger partial charge < -0.3 is 5.73 Å². The van der Waals surface area contributed by atoms with Gasteiger partial charge in [-0.15, -0.1) is 11.3 Å². The van der Waals surface area contributed by atoms with Crippen molar-refractivity contribution in [3.63, 3.8) is 0 Å². The largest absolute Gasteiger partial charge is 0.324 e. The fourth-order valence-corrected chi connectivity index (χ4v) is 2.86. The van der Waals surface area contributed by atoms with E-state index < -0.39 is 0 Å². The molecule has 0 spiro atoms. The SMILES string of the molecule is Cc1ccc(C(N)Cc2cn3ccsc3n2)c(F)c1. The molecule has 2 heterocycles. The zero-order chi connectivity index (χ0) is 13.4. The number of rotatable bonds is 3. The molecule has 3 rings (SSSR count). The summed E-state index contributed by atoms with van der Waals surface area (Å²) in [5.41, 5.74) is 8.41. The summed E-state index contributed by atoms with van der Waals surface area (Å²) < 4.78 is 15.8. The van der Waals surface area contributed by atoms with Crippen molar-refractivity contribution in [2.45, 2.75) is 19.4 Å². The van der Waals surface area contributed by atoms with Crippen LogP contribution in [0.25, 0.3) is 4.96 Å². The first-order valence-electron chi connectivity index (χ1n) is 6.06. The normalized spacial score (nSPS) is 13.0. The molecule has 1 unspecified atom stereocenters. The molecular formula is C14H14FN3S. The van der Waals surface area contributed by atoms with Crippen LogP contribution in [-0.4, -0.2) is 9.38 Å². The Bertz CT molecular complexity index is 688. The first-order chi connectivity index (χ1) is 9.13. The Kier molecular flexibility index (Phi) is 3.08. The van der Waals surface area contributed by atoms with Gasteiger partial charge in [0.25, 0.3) is 0 Å². The molecule has 3 nitrogen and oxygen atoms in total. The van der Waals surface area contributed by atoms with E-state index in [0.29, 0.717) is 12.0 Å². The highest BCUT2D eigenvalue weighted by Gasteiger charge is 2.14. The van der Waals surface area contributed by atoms with E-state index in [1.54, 1.807) is 17.4 Å². The minimum Gasteiger partial charge on any atom is -0.324 e. The molecule has 1 atom stereocenters. The van der Waals surface area contributed by atoms with Crippen molar-refractivity contribution < 1.29 is 4.39 Å². The van der Waals surface area contributed by atoms with E-state index in [1.165, 1.54) is 6.07 Å². The lowest BCUT2D eigenvalue weighted by molar-refractivity contribution is 0.577. The highest BCUT2D eigenvalue weighted by atomic mass is 32.1. The number of aryl methyl sites for hydroxylation is 1. The average molecular weight is 275 g/mol. The third-order valence-electron chi connectivity index (χ3n) is 3.13. The van der Waals surface area contributed by atoms with E-state index in [4.69, 9.17) is 5.73 Å². The molecule has 19 heavy (non-hydrogen) atoms. The number of aromatic nitrogens is 2. The number of imidazole rings is 1. The molecule has 0 aliphatic heterocycles. The van der Waals surface area contributed by atoms with Crippen LogP contribution in [0, 0.1) is 12.7 Å². The number of thiazole rings is 1. The van der Waals surface area contributed by atoms with Crippen LogP contribution in [-0.2, 0) is 6.42 Å². The monoisotopic (exact) mass is 275 g/mol. The van der Waals surface area contributed by atoms with Gasteiger partial charge in [-0.05, 0) is 18.6 Å². The molecule has 0 bridgehead atoms. The molecule has 0 radical (unpaired) electrons. The van der Waals surface area contributed by atoms with Crippen LogP contribution in [0.5, 0.6) is 0 Å². The summed E-state index contributed by atoms with van der Waals surface area (Å²) in [6.45, 7) is 1.86. The minimum absolute atomic E-state index is 0.242. The molecule has 0 fully saturated rings. The van der Waals surface area contributed by atoms with E-state index >= 15 is 0 Å². The van der Waals surface area contributed by atoms with Gasteiger partial charge in [-0.3, -0.25) is 4.40 Å². The Morgan fingerprint density at radius 3 is 3.05 bits per heavy atom. The van der Waals surface area contributed by atoms with Crippen molar-refractivity contribution >= 4 is 16.3 Å². The lowest BCUT2D eigenvalue weighted by Crippen LogP contribution is -2.15. The van der Waals surface area contributed by atoms with Crippen molar-refractivity contribution in [3.05, 3.63) is 58.6 Å². The zero-order valence-electron chi connectivity index (χ0n) is 10.5. The zero-order valence-corrected chi connectivity index (χ0v) is 11.3. The van der Waals surface area contributed by atoms with Crippen molar-refractivity contribution in [1.29, 1.82) is 0 Å². The Hall–Kier alpha value is -1.72. The Balaban J connectivity index is 1.84. The van der Waals surface area contributed by atoms with Crippen LogP contribution < -0.4 is 5.73 Å². The van der Waals surface area contributed by atoms with Crippen LogP contribution in [0.3, 0.4) is 0 Å². The van der Waals surface area contributed by atoms with Gasteiger partial charge in [0.15, 0.2) is 4.96 Å². The van der Waals surface area contributed by atoms with Crippen molar-refractivity contribution in [1.82, 2.24) is 9.38 Å². The van der Waals surface area contributed by atoms with Crippen LogP contribution >= 0.6 is 11.3 Å². The van der Waals surface area contributed by atoms with Gasteiger partial charge in [-0.1, -0.05) is 12.1 Å². The fourth-order valence-electron chi connectivity index (χ4n) is 2.14. The summed E-state index contributed by atoms with van der Waals surface area (Å²) in [7, 11) is 0. The number of hydrogen-bond acceptors (Lipinski definition) is 3. The topological polar surface area (TPSA) is 43.3 Å². The predicted molar refractivity (Wildman–Crippen MR) is 74.8 cm³/mol. The van der Waals surface area contributed by atoms with Crippen LogP contribution in [0.1, 0.15) is 22.9 Å². The van der Waals surface area contributed by atoms with Gasteiger partial charge in [0, 0.05) is 35.8 Å². The van der Waals surface area contributed by atoms with E-state index in [2.05, 4.69) is 4.98 Å². The number of fused-ring (bicyclic) bond motifs is 1. The second-order valence-electron chi connectivity index (χ2n) is 4.66. The molecule has 0 aliphatic rings. The first-order valence-corrected chi connectivity index (χ1v) is 6.94. The van der Waals surface area contributed by atoms with E-state index in [0.717, 1.165) is 16.2 Å². The highest BCUT2D eigenvalue weighted by molar-refractivity contribution is 7.15.